The average molecular weight is 314 g/mol. The first-order valence-corrected chi connectivity index (χ1v) is 8.23. The van der Waals surface area contributed by atoms with Crippen LogP contribution < -0.4 is 5.63 Å². The first-order valence-electron chi connectivity index (χ1n) is 6.75. The van der Waals surface area contributed by atoms with Gasteiger partial charge in [0, 0.05) is 5.39 Å². The van der Waals surface area contributed by atoms with Crippen LogP contribution >= 0.6 is 0 Å². The second-order valence-corrected chi connectivity index (χ2v) is 7.13. The number of fused-ring (bicyclic) bond motifs is 1. The van der Waals surface area contributed by atoms with Gasteiger partial charge in [0.25, 0.3) is 0 Å². The van der Waals surface area contributed by atoms with E-state index in [9.17, 15) is 13.2 Å². The Bertz CT molecular complexity index is 1020. The molecule has 0 aliphatic carbocycles. The molecular weight excluding hydrogens is 300 g/mol. The number of rotatable bonds is 2. The summed E-state index contributed by atoms with van der Waals surface area (Å²) in [6, 6.07) is 12.9. The Balaban J connectivity index is 2.33. The van der Waals surface area contributed by atoms with Gasteiger partial charge in [0.1, 0.15) is 5.58 Å². The summed E-state index contributed by atoms with van der Waals surface area (Å²) in [4.78, 5) is 11.9. The van der Waals surface area contributed by atoms with Gasteiger partial charge in [0.2, 0.25) is 9.84 Å². The Morgan fingerprint density at radius 3 is 2.32 bits per heavy atom. The molecule has 4 nitrogen and oxygen atoms in total. The van der Waals surface area contributed by atoms with Gasteiger partial charge in [-0.3, -0.25) is 0 Å². The third kappa shape index (κ3) is 2.33. The normalized spacial score (nSPS) is 11.7. The molecule has 112 valence electrons. The van der Waals surface area contributed by atoms with Crippen LogP contribution in [0.1, 0.15) is 11.1 Å². The lowest BCUT2D eigenvalue weighted by Crippen LogP contribution is -2.14. The first-order chi connectivity index (χ1) is 10.4. The van der Waals surface area contributed by atoms with Crippen LogP contribution in [-0.2, 0) is 9.84 Å². The van der Waals surface area contributed by atoms with Crippen molar-refractivity contribution >= 4 is 20.8 Å². The molecule has 0 spiro atoms. The van der Waals surface area contributed by atoms with Crippen molar-refractivity contribution in [2.24, 2.45) is 0 Å². The Hall–Kier alpha value is -2.40. The summed E-state index contributed by atoms with van der Waals surface area (Å²) in [5, 5.41) is 0.603. The van der Waals surface area contributed by atoms with Gasteiger partial charge in [-0.05, 0) is 43.7 Å². The zero-order valence-corrected chi connectivity index (χ0v) is 13.0. The summed E-state index contributed by atoms with van der Waals surface area (Å²) < 4.78 is 30.5. The lowest BCUT2D eigenvalue weighted by molar-refractivity contribution is 0.530. The van der Waals surface area contributed by atoms with Gasteiger partial charge >= 0.3 is 5.63 Å². The van der Waals surface area contributed by atoms with E-state index in [4.69, 9.17) is 4.42 Å². The van der Waals surface area contributed by atoms with Crippen molar-refractivity contribution in [3.63, 3.8) is 0 Å². The molecule has 0 atom stereocenters. The van der Waals surface area contributed by atoms with Crippen LogP contribution in [0.4, 0.5) is 0 Å². The van der Waals surface area contributed by atoms with Gasteiger partial charge in [-0.25, -0.2) is 13.2 Å². The number of benzene rings is 2. The standard InChI is InChI=1S/C17H14O4S/c1-11-8-12(2)16-13(9-11)10-15(17(18)21-16)22(19,20)14-6-4-3-5-7-14/h3-10H,1-2H3. The quantitative estimate of drug-likeness (QED) is 0.681. The monoisotopic (exact) mass is 314 g/mol. The Morgan fingerprint density at radius 1 is 0.955 bits per heavy atom. The van der Waals surface area contributed by atoms with E-state index in [0.29, 0.717) is 11.0 Å². The van der Waals surface area contributed by atoms with Gasteiger partial charge in [-0.15, -0.1) is 0 Å². The second kappa shape index (κ2) is 5.10. The van der Waals surface area contributed by atoms with Crippen LogP contribution in [0.2, 0.25) is 0 Å². The van der Waals surface area contributed by atoms with E-state index in [2.05, 4.69) is 0 Å². The van der Waals surface area contributed by atoms with Crippen LogP contribution in [0, 0.1) is 13.8 Å². The van der Waals surface area contributed by atoms with Crippen LogP contribution in [0.5, 0.6) is 0 Å². The van der Waals surface area contributed by atoms with E-state index in [-0.39, 0.29) is 9.79 Å². The molecule has 3 aromatic rings. The lowest BCUT2D eigenvalue weighted by Gasteiger charge is -2.07. The number of sulfone groups is 1. The summed E-state index contributed by atoms with van der Waals surface area (Å²) in [5.41, 5.74) is 1.35. The Morgan fingerprint density at radius 2 is 1.64 bits per heavy atom. The number of hydrogen-bond acceptors (Lipinski definition) is 4. The summed E-state index contributed by atoms with van der Waals surface area (Å²) in [7, 11) is -3.89. The maximum atomic E-state index is 12.6. The lowest BCUT2D eigenvalue weighted by atomic mass is 10.1. The first kappa shape index (κ1) is 14.5. The fourth-order valence-electron chi connectivity index (χ4n) is 2.49. The van der Waals surface area contributed by atoms with Crippen molar-refractivity contribution in [2.45, 2.75) is 23.6 Å². The number of hydrogen-bond donors (Lipinski definition) is 0. The molecule has 0 aliphatic heterocycles. The smallest absolute Gasteiger partial charge is 0.355 e. The molecule has 0 aliphatic rings. The van der Waals surface area contributed by atoms with Gasteiger partial charge in [0.05, 0.1) is 4.90 Å². The summed E-state index contributed by atoms with van der Waals surface area (Å²) in [6.45, 7) is 3.73. The van der Waals surface area contributed by atoms with Crippen molar-refractivity contribution in [3.8, 4) is 0 Å². The zero-order chi connectivity index (χ0) is 15.9. The van der Waals surface area contributed by atoms with Crippen LogP contribution in [0.25, 0.3) is 11.0 Å². The van der Waals surface area contributed by atoms with E-state index in [0.717, 1.165) is 11.1 Å². The van der Waals surface area contributed by atoms with E-state index in [1.807, 2.05) is 19.9 Å². The fourth-order valence-corrected chi connectivity index (χ4v) is 3.80. The predicted molar refractivity (Wildman–Crippen MR) is 83.9 cm³/mol. The predicted octanol–water partition coefficient (Wildman–Crippen LogP) is 3.24. The molecule has 5 heteroatoms. The largest absolute Gasteiger partial charge is 0.421 e. The van der Waals surface area contributed by atoms with E-state index >= 15 is 0 Å². The van der Waals surface area contributed by atoms with E-state index in [1.165, 1.54) is 18.2 Å². The maximum absolute atomic E-state index is 12.6. The van der Waals surface area contributed by atoms with Crippen LogP contribution in [0.3, 0.4) is 0 Å². The molecule has 3 rings (SSSR count). The fraction of sp³-hybridized carbons (Fsp3) is 0.118. The summed E-state index contributed by atoms with van der Waals surface area (Å²) in [5.74, 6) is 0. The molecule has 0 fully saturated rings. The molecule has 1 aromatic heterocycles. The SMILES string of the molecule is Cc1cc(C)c2oc(=O)c(S(=O)(=O)c3ccccc3)cc2c1. The maximum Gasteiger partial charge on any atom is 0.355 e. The van der Waals surface area contributed by atoms with Gasteiger partial charge in [0.15, 0.2) is 4.90 Å². The molecule has 0 amide bonds. The van der Waals surface area contributed by atoms with Gasteiger partial charge in [-0.2, -0.15) is 0 Å². The molecule has 0 radical (unpaired) electrons. The molecule has 22 heavy (non-hydrogen) atoms. The van der Waals surface area contributed by atoms with Crippen molar-refractivity contribution in [1.82, 2.24) is 0 Å². The van der Waals surface area contributed by atoms with Crippen molar-refractivity contribution < 1.29 is 12.8 Å². The van der Waals surface area contributed by atoms with Crippen LogP contribution in [-0.4, -0.2) is 8.42 Å². The summed E-state index contributed by atoms with van der Waals surface area (Å²) in [6.07, 6.45) is 0. The zero-order valence-electron chi connectivity index (χ0n) is 12.2. The van der Waals surface area contributed by atoms with Gasteiger partial charge < -0.3 is 4.42 Å². The minimum atomic E-state index is -3.89. The summed E-state index contributed by atoms with van der Waals surface area (Å²) >= 11 is 0. The third-order valence-corrected chi connectivity index (χ3v) is 5.23. The molecule has 0 saturated heterocycles. The minimum absolute atomic E-state index is 0.0750. The molecule has 0 saturated carbocycles. The highest BCUT2D eigenvalue weighted by Crippen LogP contribution is 2.24. The highest BCUT2D eigenvalue weighted by atomic mass is 32.2. The Labute approximate surface area is 127 Å². The van der Waals surface area contributed by atoms with E-state index in [1.54, 1.807) is 24.3 Å². The van der Waals surface area contributed by atoms with Gasteiger partial charge in [-0.1, -0.05) is 29.8 Å². The molecule has 1 heterocycles. The molecule has 0 unspecified atom stereocenters. The minimum Gasteiger partial charge on any atom is -0.421 e. The van der Waals surface area contributed by atoms with Crippen LogP contribution in [0.15, 0.2) is 67.5 Å². The van der Waals surface area contributed by atoms with E-state index < -0.39 is 15.5 Å². The topological polar surface area (TPSA) is 64.3 Å². The molecule has 0 N–H and O–H groups in total. The third-order valence-electron chi connectivity index (χ3n) is 3.47. The Kier molecular flexibility index (Phi) is 3.37. The second-order valence-electron chi connectivity index (χ2n) is 5.21. The van der Waals surface area contributed by atoms with Crippen molar-refractivity contribution in [2.75, 3.05) is 0 Å². The number of aryl methyl sites for hydroxylation is 2. The molecule has 2 aromatic carbocycles. The highest BCUT2D eigenvalue weighted by Gasteiger charge is 2.23. The molecular formula is C17H14O4S. The van der Waals surface area contributed by atoms with Crippen molar-refractivity contribution in [3.05, 3.63) is 70.1 Å². The average Bonchev–Trinajstić information content (AvgIpc) is 2.48. The van der Waals surface area contributed by atoms with Crippen molar-refractivity contribution in [1.29, 1.82) is 0 Å². The molecule has 0 bridgehead atoms. The highest BCUT2D eigenvalue weighted by molar-refractivity contribution is 7.91.